The number of aromatic nitrogens is 2. The minimum absolute atomic E-state index is 0.276. The van der Waals surface area contributed by atoms with Crippen LogP contribution in [0.2, 0.25) is 5.02 Å². The highest BCUT2D eigenvalue weighted by molar-refractivity contribution is 6.35. The van der Waals surface area contributed by atoms with E-state index in [1.165, 1.54) is 4.09 Å². The zero-order valence-electron chi connectivity index (χ0n) is 8.46. The summed E-state index contributed by atoms with van der Waals surface area (Å²) in [4.78, 5) is 4.34. The quantitative estimate of drug-likeness (QED) is 0.875. The molecule has 0 aliphatic rings. The second-order valence-corrected chi connectivity index (χ2v) is 4.37. The van der Waals surface area contributed by atoms with Gasteiger partial charge in [-0.2, -0.15) is 0 Å². The normalized spacial score (nSPS) is 11.3. The van der Waals surface area contributed by atoms with E-state index in [1.54, 1.807) is 6.07 Å². The van der Waals surface area contributed by atoms with Crippen molar-refractivity contribution < 1.29 is 0 Å². The van der Waals surface area contributed by atoms with E-state index in [9.17, 15) is 0 Å². The van der Waals surface area contributed by atoms with Crippen LogP contribution >= 0.6 is 23.4 Å². The van der Waals surface area contributed by atoms with Crippen LogP contribution in [-0.2, 0) is 0 Å². The Labute approximate surface area is 98.1 Å². The Morgan fingerprint density at radius 2 is 2.13 bits per heavy atom. The number of anilines is 1. The van der Waals surface area contributed by atoms with Gasteiger partial charge in [-0.3, -0.25) is 0 Å². The SMILES string of the molecule is CC(C)Nc1nc2c(Cl)cccc2n1Cl. The molecule has 0 aliphatic heterocycles. The van der Waals surface area contributed by atoms with E-state index in [1.807, 2.05) is 26.0 Å². The molecule has 0 saturated carbocycles. The molecule has 3 nitrogen and oxygen atoms in total. The van der Waals surface area contributed by atoms with Crippen molar-refractivity contribution in [1.82, 2.24) is 9.07 Å². The molecule has 0 saturated heterocycles. The van der Waals surface area contributed by atoms with Crippen molar-refractivity contribution in [2.24, 2.45) is 0 Å². The molecule has 1 aromatic heterocycles. The maximum Gasteiger partial charge on any atom is 0.219 e. The first-order chi connectivity index (χ1) is 7.09. The molecule has 0 bridgehead atoms. The summed E-state index contributed by atoms with van der Waals surface area (Å²) in [7, 11) is 0. The Morgan fingerprint density at radius 1 is 1.40 bits per heavy atom. The fourth-order valence-corrected chi connectivity index (χ4v) is 1.82. The standard InChI is InChI=1S/C10H11Cl2N3/c1-6(2)13-10-14-9-7(11)4-3-5-8(9)15(10)12/h3-6H,1-2H3,(H,13,14). The highest BCUT2D eigenvalue weighted by Gasteiger charge is 2.11. The lowest BCUT2D eigenvalue weighted by Gasteiger charge is -2.06. The Kier molecular flexibility index (Phi) is 2.76. The highest BCUT2D eigenvalue weighted by Crippen LogP contribution is 2.27. The number of hydrogen-bond donors (Lipinski definition) is 1. The minimum Gasteiger partial charge on any atom is -0.352 e. The molecular formula is C10H11Cl2N3. The van der Waals surface area contributed by atoms with Crippen molar-refractivity contribution in [3.63, 3.8) is 0 Å². The summed E-state index contributed by atoms with van der Waals surface area (Å²) in [6, 6.07) is 5.81. The molecule has 0 unspecified atom stereocenters. The lowest BCUT2D eigenvalue weighted by molar-refractivity contribution is 0.878. The number of rotatable bonds is 2. The molecule has 1 N–H and O–H groups in total. The van der Waals surface area contributed by atoms with Gasteiger partial charge in [0.2, 0.25) is 5.95 Å². The molecular weight excluding hydrogens is 233 g/mol. The van der Waals surface area contributed by atoms with Gasteiger partial charge in [-0.25, -0.2) is 9.07 Å². The number of imidazole rings is 1. The average molecular weight is 244 g/mol. The summed E-state index contributed by atoms with van der Waals surface area (Å²) in [5.41, 5.74) is 1.53. The largest absolute Gasteiger partial charge is 0.352 e. The summed E-state index contributed by atoms with van der Waals surface area (Å²) in [6.45, 7) is 4.05. The first-order valence-corrected chi connectivity index (χ1v) is 5.41. The minimum atomic E-state index is 0.276. The Hall–Kier alpha value is -0.930. The Balaban J connectivity index is 2.59. The topological polar surface area (TPSA) is 29.9 Å². The first kappa shape index (κ1) is 10.6. The summed E-state index contributed by atoms with van der Waals surface area (Å²) < 4.78 is 1.49. The van der Waals surface area contributed by atoms with Crippen molar-refractivity contribution in [3.8, 4) is 0 Å². The van der Waals surface area contributed by atoms with E-state index in [0.29, 0.717) is 11.0 Å². The number of nitrogens with zero attached hydrogens (tertiary/aromatic N) is 2. The molecule has 1 heterocycles. The molecule has 1 aromatic carbocycles. The molecule has 80 valence electrons. The molecule has 15 heavy (non-hydrogen) atoms. The molecule has 0 fully saturated rings. The zero-order chi connectivity index (χ0) is 11.0. The van der Waals surface area contributed by atoms with Crippen LogP contribution in [0.4, 0.5) is 5.95 Å². The van der Waals surface area contributed by atoms with Crippen LogP contribution in [0.1, 0.15) is 13.8 Å². The van der Waals surface area contributed by atoms with Crippen LogP contribution in [0.3, 0.4) is 0 Å². The van der Waals surface area contributed by atoms with Gasteiger partial charge in [0.05, 0.1) is 10.5 Å². The second kappa shape index (κ2) is 3.91. The van der Waals surface area contributed by atoms with E-state index >= 15 is 0 Å². The molecule has 0 aliphatic carbocycles. The maximum absolute atomic E-state index is 6.11. The number of para-hydroxylation sites is 1. The van der Waals surface area contributed by atoms with Gasteiger partial charge in [0.25, 0.3) is 0 Å². The van der Waals surface area contributed by atoms with Gasteiger partial charge in [-0.15, -0.1) is 0 Å². The number of halogens is 2. The van der Waals surface area contributed by atoms with Gasteiger partial charge in [-0.1, -0.05) is 17.7 Å². The van der Waals surface area contributed by atoms with E-state index in [0.717, 1.165) is 11.0 Å². The fourth-order valence-electron chi connectivity index (χ4n) is 1.38. The number of benzene rings is 1. The summed E-state index contributed by atoms with van der Waals surface area (Å²) in [5, 5.41) is 3.76. The molecule has 0 spiro atoms. The number of hydrogen-bond acceptors (Lipinski definition) is 2. The van der Waals surface area contributed by atoms with Crippen LogP contribution in [-0.4, -0.2) is 15.1 Å². The lowest BCUT2D eigenvalue weighted by atomic mass is 10.3. The molecule has 2 rings (SSSR count). The third-order valence-corrected chi connectivity index (χ3v) is 2.65. The zero-order valence-corrected chi connectivity index (χ0v) is 9.97. The van der Waals surface area contributed by atoms with Crippen LogP contribution in [0.5, 0.6) is 0 Å². The average Bonchev–Trinajstić information content (AvgIpc) is 2.46. The van der Waals surface area contributed by atoms with Crippen molar-refractivity contribution in [3.05, 3.63) is 23.2 Å². The van der Waals surface area contributed by atoms with Crippen LogP contribution in [0.25, 0.3) is 11.0 Å². The predicted molar refractivity (Wildman–Crippen MR) is 64.8 cm³/mol. The van der Waals surface area contributed by atoms with Crippen molar-refractivity contribution in [1.29, 1.82) is 0 Å². The number of fused-ring (bicyclic) bond motifs is 1. The van der Waals surface area contributed by atoms with Crippen LogP contribution in [0, 0.1) is 0 Å². The second-order valence-electron chi connectivity index (χ2n) is 3.62. The Bertz CT molecular complexity index is 491. The first-order valence-electron chi connectivity index (χ1n) is 4.69. The third kappa shape index (κ3) is 1.90. The maximum atomic E-state index is 6.11. The molecule has 0 amide bonds. The van der Waals surface area contributed by atoms with E-state index in [-0.39, 0.29) is 6.04 Å². The van der Waals surface area contributed by atoms with Gasteiger partial charge < -0.3 is 5.32 Å². The third-order valence-electron chi connectivity index (χ3n) is 2.00. The van der Waals surface area contributed by atoms with Crippen molar-refractivity contribution >= 4 is 40.4 Å². The van der Waals surface area contributed by atoms with Crippen LogP contribution in [0.15, 0.2) is 18.2 Å². The van der Waals surface area contributed by atoms with Gasteiger partial charge in [-0.05, 0) is 26.0 Å². The van der Waals surface area contributed by atoms with Gasteiger partial charge >= 0.3 is 0 Å². The highest BCUT2D eigenvalue weighted by atomic mass is 35.5. The smallest absolute Gasteiger partial charge is 0.219 e. The molecule has 0 atom stereocenters. The molecule has 5 heteroatoms. The number of nitrogens with one attached hydrogen (secondary N) is 1. The van der Waals surface area contributed by atoms with E-state index in [4.69, 9.17) is 23.4 Å². The summed E-state index contributed by atoms with van der Waals surface area (Å²) in [6.07, 6.45) is 0. The van der Waals surface area contributed by atoms with Gasteiger partial charge in [0.15, 0.2) is 0 Å². The molecule has 2 aromatic rings. The van der Waals surface area contributed by atoms with Gasteiger partial charge in [0, 0.05) is 17.8 Å². The monoisotopic (exact) mass is 243 g/mol. The van der Waals surface area contributed by atoms with Gasteiger partial charge in [0.1, 0.15) is 5.52 Å². The fraction of sp³-hybridized carbons (Fsp3) is 0.300. The van der Waals surface area contributed by atoms with Crippen molar-refractivity contribution in [2.45, 2.75) is 19.9 Å². The molecule has 0 radical (unpaired) electrons. The summed E-state index contributed by atoms with van der Waals surface area (Å²) in [5.74, 6) is 0.620. The lowest BCUT2D eigenvalue weighted by Crippen LogP contribution is -2.12. The van der Waals surface area contributed by atoms with E-state index < -0.39 is 0 Å². The van der Waals surface area contributed by atoms with Crippen LogP contribution < -0.4 is 5.32 Å². The summed E-state index contributed by atoms with van der Waals surface area (Å²) >= 11 is 12.1. The predicted octanol–water partition coefficient (Wildman–Crippen LogP) is 3.51. The Morgan fingerprint density at radius 3 is 2.73 bits per heavy atom. The van der Waals surface area contributed by atoms with Crippen molar-refractivity contribution in [2.75, 3.05) is 5.32 Å². The van der Waals surface area contributed by atoms with E-state index in [2.05, 4.69) is 10.3 Å².